The second kappa shape index (κ2) is 6.81. The van der Waals surface area contributed by atoms with Gasteiger partial charge >= 0.3 is 0 Å². The van der Waals surface area contributed by atoms with Crippen LogP contribution in [0.1, 0.15) is 33.1 Å². The van der Waals surface area contributed by atoms with Gasteiger partial charge in [-0.05, 0) is 13.3 Å². The zero-order valence-electron chi connectivity index (χ0n) is 7.15. The van der Waals surface area contributed by atoms with E-state index in [9.17, 15) is 0 Å². The fourth-order valence-electron chi connectivity index (χ4n) is 0.701. The number of ether oxygens (including phenoxy) is 1. The van der Waals surface area contributed by atoms with Crippen molar-refractivity contribution in [2.75, 3.05) is 13.2 Å². The smallest absolute Gasteiger partial charge is 0.0671 e. The normalized spacial score (nSPS) is 9.80. The van der Waals surface area contributed by atoms with Crippen molar-refractivity contribution in [3.8, 4) is 0 Å². The Bertz CT molecular complexity index is 86.7. The predicted molar refractivity (Wildman–Crippen MR) is 45.2 cm³/mol. The molecule has 0 aliphatic rings. The molecule has 0 aliphatic carbocycles. The van der Waals surface area contributed by atoms with Gasteiger partial charge in [0.05, 0.1) is 6.61 Å². The van der Waals surface area contributed by atoms with Crippen molar-refractivity contribution >= 4 is 0 Å². The molecule has 0 rings (SSSR count). The lowest BCUT2D eigenvalue weighted by Crippen LogP contribution is -1.96. The van der Waals surface area contributed by atoms with Gasteiger partial charge in [-0.15, -0.1) is 0 Å². The van der Waals surface area contributed by atoms with E-state index in [0.717, 1.165) is 18.8 Å². The minimum absolute atomic E-state index is 0.726. The van der Waals surface area contributed by atoms with Crippen LogP contribution in [0.5, 0.6) is 0 Å². The number of hydrogen-bond acceptors (Lipinski definition) is 1. The first-order valence-electron chi connectivity index (χ1n) is 3.99. The maximum absolute atomic E-state index is 5.30. The van der Waals surface area contributed by atoms with Gasteiger partial charge in [-0.2, -0.15) is 0 Å². The second-order valence-electron chi connectivity index (χ2n) is 2.72. The summed E-state index contributed by atoms with van der Waals surface area (Å²) in [5.74, 6) is 0. The summed E-state index contributed by atoms with van der Waals surface area (Å²) in [5, 5.41) is 0. The van der Waals surface area contributed by atoms with Crippen molar-refractivity contribution in [2.24, 2.45) is 0 Å². The highest BCUT2D eigenvalue weighted by Crippen LogP contribution is 1.95. The van der Waals surface area contributed by atoms with Crippen molar-refractivity contribution in [1.82, 2.24) is 0 Å². The van der Waals surface area contributed by atoms with Gasteiger partial charge in [-0.1, -0.05) is 31.9 Å². The highest BCUT2D eigenvalue weighted by atomic mass is 16.5. The van der Waals surface area contributed by atoms with E-state index >= 15 is 0 Å². The lowest BCUT2D eigenvalue weighted by molar-refractivity contribution is 0.152. The molecule has 0 atom stereocenters. The van der Waals surface area contributed by atoms with Gasteiger partial charge in [0, 0.05) is 6.61 Å². The average Bonchev–Trinajstić information content (AvgIpc) is 1.87. The average molecular weight is 142 g/mol. The monoisotopic (exact) mass is 142 g/mol. The van der Waals surface area contributed by atoms with Crippen LogP contribution in [0.2, 0.25) is 0 Å². The minimum Gasteiger partial charge on any atom is -0.377 e. The summed E-state index contributed by atoms with van der Waals surface area (Å²) in [7, 11) is 0. The van der Waals surface area contributed by atoms with Gasteiger partial charge in [-0.25, -0.2) is 0 Å². The Hall–Kier alpha value is -0.300. The first kappa shape index (κ1) is 9.70. The molecular weight excluding hydrogens is 124 g/mol. The van der Waals surface area contributed by atoms with Crippen LogP contribution in [-0.2, 0) is 4.74 Å². The Kier molecular flexibility index (Phi) is 6.61. The Labute approximate surface area is 64.1 Å². The van der Waals surface area contributed by atoms with Crippen LogP contribution in [0.25, 0.3) is 0 Å². The maximum Gasteiger partial charge on any atom is 0.0671 e. The van der Waals surface area contributed by atoms with E-state index in [4.69, 9.17) is 4.74 Å². The lowest BCUT2D eigenvalue weighted by atomic mass is 10.3. The fourth-order valence-corrected chi connectivity index (χ4v) is 0.701. The molecule has 0 heterocycles. The Morgan fingerprint density at radius 1 is 1.40 bits per heavy atom. The summed E-state index contributed by atoms with van der Waals surface area (Å²) in [6.07, 6.45) is 3.72. The minimum atomic E-state index is 0.726. The summed E-state index contributed by atoms with van der Waals surface area (Å²) >= 11 is 0. The molecule has 0 aromatic rings. The van der Waals surface area contributed by atoms with E-state index in [2.05, 4.69) is 13.5 Å². The molecule has 0 aromatic carbocycles. The van der Waals surface area contributed by atoms with E-state index in [0.29, 0.717) is 0 Å². The van der Waals surface area contributed by atoms with Crippen molar-refractivity contribution in [3.05, 3.63) is 12.2 Å². The highest BCUT2D eigenvalue weighted by molar-refractivity contribution is 4.87. The van der Waals surface area contributed by atoms with Crippen LogP contribution < -0.4 is 0 Å². The second-order valence-corrected chi connectivity index (χ2v) is 2.72. The number of unbranched alkanes of at least 4 members (excludes halogenated alkanes) is 2. The SMILES string of the molecule is C=C(C)COCCCCC. The third-order valence-electron chi connectivity index (χ3n) is 1.24. The Balaban J connectivity index is 2.84. The molecule has 0 spiro atoms. The van der Waals surface area contributed by atoms with Crippen molar-refractivity contribution in [1.29, 1.82) is 0 Å². The Morgan fingerprint density at radius 3 is 2.60 bits per heavy atom. The van der Waals surface area contributed by atoms with Gasteiger partial charge in [-0.3, -0.25) is 0 Å². The maximum atomic E-state index is 5.30. The standard InChI is InChI=1S/C9H18O/c1-4-5-6-7-10-8-9(2)3/h2,4-8H2,1,3H3. The summed E-state index contributed by atoms with van der Waals surface area (Å²) in [5.41, 5.74) is 1.11. The molecule has 0 unspecified atom stereocenters. The molecule has 0 bridgehead atoms. The van der Waals surface area contributed by atoms with Crippen molar-refractivity contribution in [2.45, 2.75) is 33.1 Å². The topological polar surface area (TPSA) is 9.23 Å². The van der Waals surface area contributed by atoms with E-state index in [-0.39, 0.29) is 0 Å². The molecule has 1 nitrogen and oxygen atoms in total. The van der Waals surface area contributed by atoms with Crippen LogP contribution in [0.3, 0.4) is 0 Å². The lowest BCUT2D eigenvalue weighted by Gasteiger charge is -2.01. The number of hydrogen-bond donors (Lipinski definition) is 0. The predicted octanol–water partition coefficient (Wildman–Crippen LogP) is 2.77. The molecule has 0 fully saturated rings. The summed E-state index contributed by atoms with van der Waals surface area (Å²) < 4.78 is 5.30. The number of rotatable bonds is 6. The zero-order chi connectivity index (χ0) is 7.82. The summed E-state index contributed by atoms with van der Waals surface area (Å²) in [6, 6.07) is 0. The fraction of sp³-hybridized carbons (Fsp3) is 0.778. The van der Waals surface area contributed by atoms with Crippen LogP contribution in [-0.4, -0.2) is 13.2 Å². The summed E-state index contributed by atoms with van der Waals surface area (Å²) in [4.78, 5) is 0. The van der Waals surface area contributed by atoms with E-state index in [1.54, 1.807) is 0 Å². The van der Waals surface area contributed by atoms with Gasteiger partial charge in [0.1, 0.15) is 0 Å². The van der Waals surface area contributed by atoms with E-state index < -0.39 is 0 Å². The van der Waals surface area contributed by atoms with E-state index in [1.807, 2.05) is 6.92 Å². The third-order valence-corrected chi connectivity index (χ3v) is 1.24. The van der Waals surface area contributed by atoms with Crippen LogP contribution in [0.15, 0.2) is 12.2 Å². The molecule has 0 saturated heterocycles. The molecule has 1 heteroatoms. The molecule has 0 aliphatic heterocycles. The molecule has 0 amide bonds. The van der Waals surface area contributed by atoms with Gasteiger partial charge in [0.15, 0.2) is 0 Å². The first-order chi connectivity index (χ1) is 4.77. The zero-order valence-corrected chi connectivity index (χ0v) is 7.15. The Morgan fingerprint density at radius 2 is 2.10 bits per heavy atom. The van der Waals surface area contributed by atoms with E-state index in [1.165, 1.54) is 19.3 Å². The van der Waals surface area contributed by atoms with Crippen LogP contribution in [0, 0.1) is 0 Å². The molecule has 10 heavy (non-hydrogen) atoms. The largest absolute Gasteiger partial charge is 0.377 e. The highest BCUT2D eigenvalue weighted by Gasteiger charge is 1.87. The van der Waals surface area contributed by atoms with Crippen molar-refractivity contribution in [3.63, 3.8) is 0 Å². The van der Waals surface area contributed by atoms with Gasteiger partial charge in [0.25, 0.3) is 0 Å². The third kappa shape index (κ3) is 7.70. The van der Waals surface area contributed by atoms with Gasteiger partial charge < -0.3 is 4.74 Å². The van der Waals surface area contributed by atoms with Gasteiger partial charge in [0.2, 0.25) is 0 Å². The molecule has 0 N–H and O–H groups in total. The first-order valence-corrected chi connectivity index (χ1v) is 3.99. The molecule has 0 radical (unpaired) electrons. The molecule has 0 saturated carbocycles. The molecule has 0 aromatic heterocycles. The van der Waals surface area contributed by atoms with Crippen LogP contribution in [0.4, 0.5) is 0 Å². The molecular formula is C9H18O. The quantitative estimate of drug-likeness (QED) is 0.409. The summed E-state index contributed by atoms with van der Waals surface area (Å²) in [6.45, 7) is 9.54. The van der Waals surface area contributed by atoms with Crippen LogP contribution >= 0.6 is 0 Å². The molecule has 60 valence electrons. The van der Waals surface area contributed by atoms with Crippen molar-refractivity contribution < 1.29 is 4.74 Å².